The lowest BCUT2D eigenvalue weighted by atomic mass is 10.1. The summed E-state index contributed by atoms with van der Waals surface area (Å²) >= 11 is 0. The van der Waals surface area contributed by atoms with E-state index < -0.39 is 27.3 Å². The maximum absolute atomic E-state index is 13.2. The van der Waals surface area contributed by atoms with Gasteiger partial charge in [0, 0.05) is 6.04 Å². The van der Waals surface area contributed by atoms with Crippen LogP contribution >= 0.6 is 0 Å². The second-order valence-corrected chi connectivity index (χ2v) is 10.3. The van der Waals surface area contributed by atoms with Crippen LogP contribution in [0.5, 0.6) is 0 Å². The van der Waals surface area contributed by atoms with Gasteiger partial charge in [0.1, 0.15) is 11.4 Å². The summed E-state index contributed by atoms with van der Waals surface area (Å²) in [5.74, 6) is -0.478. The average molecular weight is 422 g/mol. The second kappa shape index (κ2) is 9.26. The summed E-state index contributed by atoms with van der Waals surface area (Å²) in [5, 5.41) is 4.89. The van der Waals surface area contributed by atoms with E-state index in [-0.39, 0.29) is 23.6 Å². The monoisotopic (exact) mass is 421 g/mol. The van der Waals surface area contributed by atoms with Gasteiger partial charge in [-0.25, -0.2) is 8.42 Å². The van der Waals surface area contributed by atoms with Gasteiger partial charge in [-0.05, 0) is 58.1 Å². The van der Waals surface area contributed by atoms with Crippen LogP contribution in [0.3, 0.4) is 0 Å². The number of amides is 2. The highest BCUT2D eigenvalue weighted by Gasteiger charge is 2.46. The van der Waals surface area contributed by atoms with Crippen molar-refractivity contribution in [2.45, 2.75) is 68.9 Å². The van der Waals surface area contributed by atoms with Crippen molar-refractivity contribution >= 4 is 21.7 Å². The maximum atomic E-state index is 13.2. The molecule has 0 bridgehead atoms. The SMILES string of the molecule is CNC(C)C(=O)N[C@H]1CCC[C@H]2CCC(S(=O)(=O)CCc3ccccc3)N2C1=O. The van der Waals surface area contributed by atoms with Crippen molar-refractivity contribution in [3.63, 3.8) is 0 Å². The number of benzene rings is 1. The molecule has 0 spiro atoms. The van der Waals surface area contributed by atoms with E-state index in [1.807, 2.05) is 30.3 Å². The van der Waals surface area contributed by atoms with Crippen LogP contribution in [0.25, 0.3) is 0 Å². The van der Waals surface area contributed by atoms with Crippen molar-refractivity contribution < 1.29 is 18.0 Å². The van der Waals surface area contributed by atoms with E-state index in [0.717, 1.165) is 18.4 Å². The van der Waals surface area contributed by atoms with Gasteiger partial charge >= 0.3 is 0 Å². The lowest BCUT2D eigenvalue weighted by Crippen LogP contribution is -2.55. The molecule has 1 aromatic carbocycles. The van der Waals surface area contributed by atoms with Gasteiger partial charge in [0.25, 0.3) is 0 Å². The number of fused-ring (bicyclic) bond motifs is 1. The largest absolute Gasteiger partial charge is 0.343 e. The first-order valence-corrected chi connectivity index (χ1v) is 12.1. The Bertz CT molecular complexity index is 828. The van der Waals surface area contributed by atoms with E-state index in [1.165, 1.54) is 0 Å². The summed E-state index contributed by atoms with van der Waals surface area (Å²) < 4.78 is 26.2. The zero-order valence-corrected chi connectivity index (χ0v) is 18.0. The summed E-state index contributed by atoms with van der Waals surface area (Å²) in [6.45, 7) is 1.73. The molecule has 160 valence electrons. The molecule has 0 radical (unpaired) electrons. The first-order chi connectivity index (χ1) is 13.8. The molecule has 7 nitrogen and oxygen atoms in total. The van der Waals surface area contributed by atoms with Crippen LogP contribution < -0.4 is 10.6 Å². The van der Waals surface area contributed by atoms with Crippen molar-refractivity contribution in [2.24, 2.45) is 0 Å². The third kappa shape index (κ3) is 4.98. The highest BCUT2D eigenvalue weighted by Crippen LogP contribution is 2.34. The number of sulfone groups is 1. The van der Waals surface area contributed by atoms with Gasteiger partial charge in [0.15, 0.2) is 9.84 Å². The van der Waals surface area contributed by atoms with E-state index in [1.54, 1.807) is 18.9 Å². The van der Waals surface area contributed by atoms with Crippen molar-refractivity contribution in [3.05, 3.63) is 35.9 Å². The summed E-state index contributed by atoms with van der Waals surface area (Å²) in [4.78, 5) is 27.1. The van der Waals surface area contributed by atoms with E-state index in [9.17, 15) is 18.0 Å². The third-order valence-corrected chi connectivity index (χ3v) is 8.17. The minimum Gasteiger partial charge on any atom is -0.343 e. The number of hydrogen-bond donors (Lipinski definition) is 2. The van der Waals surface area contributed by atoms with E-state index in [4.69, 9.17) is 0 Å². The first kappa shape index (κ1) is 21.8. The Labute approximate surface area is 173 Å². The van der Waals surface area contributed by atoms with Crippen LogP contribution in [0.4, 0.5) is 0 Å². The minimum absolute atomic E-state index is 0.0198. The van der Waals surface area contributed by atoms with E-state index >= 15 is 0 Å². The van der Waals surface area contributed by atoms with Crippen molar-refractivity contribution in [1.29, 1.82) is 0 Å². The lowest BCUT2D eigenvalue weighted by Gasteiger charge is -2.31. The highest BCUT2D eigenvalue weighted by atomic mass is 32.2. The second-order valence-electron chi connectivity index (χ2n) is 8.04. The number of carbonyl (C=O) groups excluding carboxylic acids is 2. The predicted molar refractivity (Wildman–Crippen MR) is 112 cm³/mol. The molecular weight excluding hydrogens is 390 g/mol. The molecule has 3 rings (SSSR count). The minimum atomic E-state index is -3.47. The van der Waals surface area contributed by atoms with Gasteiger partial charge in [-0.2, -0.15) is 0 Å². The molecule has 0 saturated carbocycles. The van der Waals surface area contributed by atoms with Crippen molar-refractivity contribution in [2.75, 3.05) is 12.8 Å². The Morgan fingerprint density at radius 3 is 2.59 bits per heavy atom. The molecule has 2 amide bonds. The summed E-state index contributed by atoms with van der Waals surface area (Å²) in [6, 6.07) is 8.40. The number of nitrogens with zero attached hydrogens (tertiary/aromatic N) is 1. The third-order valence-electron chi connectivity index (χ3n) is 6.11. The fourth-order valence-electron chi connectivity index (χ4n) is 4.27. The standard InChI is InChI=1S/C21H31N3O4S/c1-15(22-2)20(25)23-18-10-6-9-17-11-12-19(24(17)21(18)26)29(27,28)14-13-16-7-4-3-5-8-16/h3-5,7-8,15,17-19,22H,6,9-14H2,1-2H3,(H,23,25)/t15?,17-,18-,19?/m0/s1. The van der Waals surface area contributed by atoms with Gasteiger partial charge in [-0.3, -0.25) is 9.59 Å². The van der Waals surface area contributed by atoms with Crippen LogP contribution in [0.2, 0.25) is 0 Å². The normalized spacial score (nSPS) is 25.9. The maximum Gasteiger partial charge on any atom is 0.246 e. The fraction of sp³-hybridized carbons (Fsp3) is 0.619. The molecule has 2 fully saturated rings. The Morgan fingerprint density at radius 1 is 1.17 bits per heavy atom. The fourth-order valence-corrected chi connectivity index (χ4v) is 6.18. The molecule has 2 heterocycles. The summed E-state index contributed by atoms with van der Waals surface area (Å²) in [6.07, 6.45) is 3.74. The predicted octanol–water partition coefficient (Wildman–Crippen LogP) is 1.24. The topological polar surface area (TPSA) is 95.6 Å². The zero-order valence-electron chi connectivity index (χ0n) is 17.1. The van der Waals surface area contributed by atoms with Gasteiger partial charge in [-0.1, -0.05) is 30.3 Å². The molecule has 0 aromatic heterocycles. The van der Waals surface area contributed by atoms with E-state index in [2.05, 4.69) is 10.6 Å². The molecule has 29 heavy (non-hydrogen) atoms. The van der Waals surface area contributed by atoms with Crippen LogP contribution in [-0.4, -0.2) is 61.4 Å². The highest BCUT2D eigenvalue weighted by molar-refractivity contribution is 7.92. The molecule has 2 N–H and O–H groups in total. The number of rotatable bonds is 7. The number of aryl methyl sites for hydroxylation is 1. The zero-order chi connectivity index (χ0) is 21.0. The Balaban J connectivity index is 1.73. The van der Waals surface area contributed by atoms with Crippen molar-refractivity contribution in [3.8, 4) is 0 Å². The molecule has 2 saturated heterocycles. The quantitative estimate of drug-likeness (QED) is 0.691. The van der Waals surface area contributed by atoms with Gasteiger partial charge in [0.2, 0.25) is 11.8 Å². The van der Waals surface area contributed by atoms with E-state index in [0.29, 0.717) is 25.7 Å². The first-order valence-electron chi connectivity index (χ1n) is 10.4. The van der Waals surface area contributed by atoms with Crippen LogP contribution in [0.15, 0.2) is 30.3 Å². The molecule has 0 aliphatic carbocycles. The Hall–Kier alpha value is -1.93. The average Bonchev–Trinajstić information content (AvgIpc) is 3.09. The number of nitrogens with one attached hydrogen (secondary N) is 2. The Morgan fingerprint density at radius 2 is 1.90 bits per heavy atom. The molecule has 2 aliphatic heterocycles. The lowest BCUT2D eigenvalue weighted by molar-refractivity contribution is -0.137. The molecule has 1 aromatic rings. The number of likely N-dealkylation sites (N-methyl/N-ethyl adjacent to an activating group) is 1. The van der Waals surface area contributed by atoms with Crippen LogP contribution in [0, 0.1) is 0 Å². The van der Waals surface area contributed by atoms with Crippen molar-refractivity contribution in [1.82, 2.24) is 15.5 Å². The smallest absolute Gasteiger partial charge is 0.246 e. The summed E-state index contributed by atoms with van der Waals surface area (Å²) in [5.41, 5.74) is 0.971. The molecule has 2 aliphatic rings. The molecule has 8 heteroatoms. The number of hydrogen-bond acceptors (Lipinski definition) is 5. The van der Waals surface area contributed by atoms with Gasteiger partial charge < -0.3 is 15.5 Å². The Kier molecular flexibility index (Phi) is 6.95. The molecule has 4 atom stereocenters. The van der Waals surface area contributed by atoms with Crippen LogP contribution in [-0.2, 0) is 25.8 Å². The number of carbonyl (C=O) groups is 2. The molecule has 2 unspecified atom stereocenters. The van der Waals surface area contributed by atoms with Gasteiger partial charge in [-0.15, -0.1) is 0 Å². The molecular formula is C21H31N3O4S. The van der Waals surface area contributed by atoms with Crippen LogP contribution in [0.1, 0.15) is 44.6 Å². The summed E-state index contributed by atoms with van der Waals surface area (Å²) in [7, 11) is -1.79. The van der Waals surface area contributed by atoms with Gasteiger partial charge in [0.05, 0.1) is 11.8 Å².